The maximum absolute atomic E-state index is 12.4. The van der Waals surface area contributed by atoms with E-state index in [1.165, 1.54) is 18.5 Å². The second kappa shape index (κ2) is 7.36. The molecule has 0 unspecified atom stereocenters. The van der Waals surface area contributed by atoms with Crippen LogP contribution in [-0.2, 0) is 16.4 Å². The fourth-order valence-corrected chi connectivity index (χ4v) is 4.39. The lowest BCUT2D eigenvalue weighted by Crippen LogP contribution is -2.26. The Labute approximate surface area is 144 Å². The normalized spacial score (nSPS) is 15.0. The molecule has 24 heavy (non-hydrogen) atoms. The molecule has 128 valence electrons. The molecule has 2 aromatic rings. The molecule has 0 amide bonds. The van der Waals surface area contributed by atoms with Crippen LogP contribution in [0.4, 0.5) is 5.69 Å². The van der Waals surface area contributed by atoms with Gasteiger partial charge in [-0.1, -0.05) is 30.3 Å². The molecule has 5 heteroatoms. The second-order valence-corrected chi connectivity index (χ2v) is 8.01. The van der Waals surface area contributed by atoms with Crippen molar-refractivity contribution < 1.29 is 8.42 Å². The minimum Gasteiger partial charge on any atom is -0.372 e. The number of rotatable bonds is 6. The zero-order valence-corrected chi connectivity index (χ0v) is 14.8. The Morgan fingerprint density at radius 1 is 1.00 bits per heavy atom. The molecule has 1 fully saturated rings. The van der Waals surface area contributed by atoms with Crippen molar-refractivity contribution in [3.8, 4) is 0 Å². The zero-order valence-electron chi connectivity index (χ0n) is 14.0. The van der Waals surface area contributed by atoms with E-state index >= 15 is 0 Å². The number of hydrogen-bond acceptors (Lipinski definition) is 3. The lowest BCUT2D eigenvalue weighted by Gasteiger charge is -2.17. The van der Waals surface area contributed by atoms with Gasteiger partial charge >= 0.3 is 0 Å². The Bertz CT molecular complexity index is 779. The molecule has 0 aromatic heterocycles. The molecule has 1 aliphatic rings. The predicted molar refractivity (Wildman–Crippen MR) is 98.0 cm³/mol. The van der Waals surface area contributed by atoms with Crippen LogP contribution >= 0.6 is 0 Å². The van der Waals surface area contributed by atoms with E-state index in [0.29, 0.717) is 17.9 Å². The van der Waals surface area contributed by atoms with Crippen molar-refractivity contribution in [1.82, 2.24) is 4.72 Å². The first-order chi connectivity index (χ1) is 11.6. The number of nitrogens with zero attached hydrogens (tertiary/aromatic N) is 1. The van der Waals surface area contributed by atoms with E-state index < -0.39 is 10.0 Å². The number of hydrogen-bond donors (Lipinski definition) is 1. The van der Waals surface area contributed by atoms with Gasteiger partial charge in [0.25, 0.3) is 0 Å². The fourth-order valence-electron chi connectivity index (χ4n) is 3.11. The van der Waals surface area contributed by atoms with Crippen molar-refractivity contribution in [2.75, 3.05) is 24.5 Å². The molecule has 0 atom stereocenters. The van der Waals surface area contributed by atoms with Gasteiger partial charge in [-0.3, -0.25) is 0 Å². The first kappa shape index (κ1) is 17.0. The molecule has 1 N–H and O–H groups in total. The summed E-state index contributed by atoms with van der Waals surface area (Å²) in [5, 5.41) is 0. The summed E-state index contributed by atoms with van der Waals surface area (Å²) in [5.41, 5.74) is 3.17. The van der Waals surface area contributed by atoms with Gasteiger partial charge in [0.1, 0.15) is 0 Å². The first-order valence-electron chi connectivity index (χ1n) is 8.45. The Kier molecular flexibility index (Phi) is 5.21. The molecular weight excluding hydrogens is 320 g/mol. The molecule has 4 nitrogen and oxygen atoms in total. The maximum atomic E-state index is 12.4. The summed E-state index contributed by atoms with van der Waals surface area (Å²) in [6.45, 7) is 4.48. The summed E-state index contributed by atoms with van der Waals surface area (Å²) in [7, 11) is -3.44. The Morgan fingerprint density at radius 2 is 1.67 bits per heavy atom. The van der Waals surface area contributed by atoms with E-state index in [9.17, 15) is 8.42 Å². The van der Waals surface area contributed by atoms with Crippen molar-refractivity contribution in [1.29, 1.82) is 0 Å². The summed E-state index contributed by atoms with van der Waals surface area (Å²) in [4.78, 5) is 2.75. The Hall–Kier alpha value is -1.85. The van der Waals surface area contributed by atoms with Crippen LogP contribution in [0.5, 0.6) is 0 Å². The van der Waals surface area contributed by atoms with Gasteiger partial charge in [-0.2, -0.15) is 0 Å². The average molecular weight is 344 g/mol. The number of benzene rings is 2. The zero-order chi connectivity index (χ0) is 17.0. The van der Waals surface area contributed by atoms with Crippen LogP contribution < -0.4 is 9.62 Å². The maximum Gasteiger partial charge on any atom is 0.240 e. The van der Waals surface area contributed by atoms with Gasteiger partial charge in [0, 0.05) is 25.3 Å². The van der Waals surface area contributed by atoms with Crippen LogP contribution in [0, 0.1) is 6.92 Å². The number of sulfonamides is 1. The summed E-state index contributed by atoms with van der Waals surface area (Å²) in [6, 6.07) is 15.5. The highest BCUT2D eigenvalue weighted by atomic mass is 32.2. The number of nitrogens with one attached hydrogen (secondary N) is 1. The molecule has 3 rings (SSSR count). The van der Waals surface area contributed by atoms with Crippen LogP contribution in [0.25, 0.3) is 0 Å². The van der Waals surface area contributed by atoms with E-state index in [2.05, 4.69) is 33.9 Å². The third kappa shape index (κ3) is 3.97. The Morgan fingerprint density at radius 3 is 2.33 bits per heavy atom. The number of anilines is 1. The van der Waals surface area contributed by atoms with Crippen LogP contribution in [0.15, 0.2) is 53.4 Å². The third-order valence-electron chi connectivity index (χ3n) is 4.50. The molecule has 1 aliphatic heterocycles. The van der Waals surface area contributed by atoms with E-state index in [-0.39, 0.29) is 0 Å². The summed E-state index contributed by atoms with van der Waals surface area (Å²) in [6.07, 6.45) is 3.22. The highest BCUT2D eigenvalue weighted by Gasteiger charge is 2.15. The van der Waals surface area contributed by atoms with Crippen LogP contribution in [0.1, 0.15) is 24.0 Å². The van der Waals surface area contributed by atoms with Crippen molar-refractivity contribution in [2.24, 2.45) is 0 Å². The molecule has 0 aliphatic carbocycles. The van der Waals surface area contributed by atoms with Gasteiger partial charge in [0.15, 0.2) is 0 Å². The lowest BCUT2D eigenvalue weighted by molar-refractivity contribution is 0.581. The predicted octanol–water partition coefficient (Wildman–Crippen LogP) is 3.12. The third-order valence-corrected chi connectivity index (χ3v) is 6.12. The minimum atomic E-state index is -3.44. The molecule has 1 saturated heterocycles. The highest BCUT2D eigenvalue weighted by Crippen LogP contribution is 2.20. The van der Waals surface area contributed by atoms with E-state index in [1.54, 1.807) is 12.1 Å². The SMILES string of the molecule is Cc1ccccc1S(=O)(=O)NCCc1ccc(N2CCCC2)cc1. The van der Waals surface area contributed by atoms with Crippen LogP contribution in [0.2, 0.25) is 0 Å². The smallest absolute Gasteiger partial charge is 0.240 e. The summed E-state index contributed by atoms with van der Waals surface area (Å²) in [5.74, 6) is 0. The van der Waals surface area contributed by atoms with E-state index in [1.807, 2.05) is 19.1 Å². The minimum absolute atomic E-state index is 0.356. The number of aryl methyl sites for hydroxylation is 1. The van der Waals surface area contributed by atoms with E-state index in [4.69, 9.17) is 0 Å². The highest BCUT2D eigenvalue weighted by molar-refractivity contribution is 7.89. The van der Waals surface area contributed by atoms with Crippen molar-refractivity contribution in [3.05, 3.63) is 59.7 Å². The molecule has 0 saturated carbocycles. The van der Waals surface area contributed by atoms with Gasteiger partial charge in [-0.25, -0.2) is 13.1 Å². The summed E-state index contributed by atoms with van der Waals surface area (Å²) < 4.78 is 27.4. The molecule has 0 spiro atoms. The average Bonchev–Trinajstić information content (AvgIpc) is 3.10. The first-order valence-corrected chi connectivity index (χ1v) is 9.94. The second-order valence-electron chi connectivity index (χ2n) is 6.27. The summed E-state index contributed by atoms with van der Waals surface area (Å²) >= 11 is 0. The van der Waals surface area contributed by atoms with Crippen LogP contribution in [-0.4, -0.2) is 28.1 Å². The standard InChI is InChI=1S/C19H24N2O2S/c1-16-6-2-3-7-19(16)24(22,23)20-13-12-17-8-10-18(11-9-17)21-14-4-5-15-21/h2-3,6-11,20H,4-5,12-15H2,1H3. The quantitative estimate of drug-likeness (QED) is 0.876. The van der Waals surface area contributed by atoms with E-state index in [0.717, 1.165) is 24.2 Å². The van der Waals surface area contributed by atoms with Crippen molar-refractivity contribution >= 4 is 15.7 Å². The van der Waals surface area contributed by atoms with Crippen LogP contribution in [0.3, 0.4) is 0 Å². The van der Waals surface area contributed by atoms with Gasteiger partial charge < -0.3 is 4.90 Å². The van der Waals surface area contributed by atoms with Gasteiger partial charge in [0.2, 0.25) is 10.0 Å². The molecular formula is C19H24N2O2S. The largest absolute Gasteiger partial charge is 0.372 e. The molecule has 0 radical (unpaired) electrons. The molecule has 0 bridgehead atoms. The Balaban J connectivity index is 1.57. The topological polar surface area (TPSA) is 49.4 Å². The van der Waals surface area contributed by atoms with Crippen molar-refractivity contribution in [3.63, 3.8) is 0 Å². The molecule has 2 aromatic carbocycles. The van der Waals surface area contributed by atoms with Crippen molar-refractivity contribution in [2.45, 2.75) is 31.1 Å². The van der Waals surface area contributed by atoms with Gasteiger partial charge in [0.05, 0.1) is 4.90 Å². The monoisotopic (exact) mass is 344 g/mol. The molecule has 1 heterocycles. The lowest BCUT2D eigenvalue weighted by atomic mass is 10.1. The fraction of sp³-hybridized carbons (Fsp3) is 0.368. The van der Waals surface area contributed by atoms with Gasteiger partial charge in [-0.15, -0.1) is 0 Å². The van der Waals surface area contributed by atoms with Gasteiger partial charge in [-0.05, 0) is 55.5 Å².